The van der Waals surface area contributed by atoms with Crippen LogP contribution in [0.25, 0.3) is 11.0 Å². The smallest absolute Gasteiger partial charge is 0.324 e. The number of carbonyl (C=O) groups excluding carboxylic acids is 1. The van der Waals surface area contributed by atoms with Crippen LogP contribution in [0.4, 0.5) is 5.69 Å². The van der Waals surface area contributed by atoms with Crippen molar-refractivity contribution in [3.05, 3.63) is 57.4 Å². The molecule has 0 radical (unpaired) electrons. The van der Waals surface area contributed by atoms with Crippen molar-refractivity contribution >= 4 is 48.4 Å². The zero-order valence-electron chi connectivity index (χ0n) is 14.1. The summed E-state index contributed by atoms with van der Waals surface area (Å²) in [5.74, 6) is -1.33. The van der Waals surface area contributed by atoms with Crippen LogP contribution in [-0.4, -0.2) is 29.2 Å². The molecule has 7 nitrogen and oxygen atoms in total. The van der Waals surface area contributed by atoms with E-state index in [2.05, 4.69) is 21.2 Å². The van der Waals surface area contributed by atoms with Crippen LogP contribution in [0.2, 0.25) is 0 Å². The lowest BCUT2D eigenvalue weighted by molar-refractivity contribution is -0.113. The van der Waals surface area contributed by atoms with Gasteiger partial charge in [0.15, 0.2) is 9.84 Å². The van der Waals surface area contributed by atoms with Crippen LogP contribution in [-0.2, 0) is 28.7 Å². The lowest BCUT2D eigenvalue weighted by Gasteiger charge is -2.08. The highest BCUT2D eigenvalue weighted by molar-refractivity contribution is 9.10. The van der Waals surface area contributed by atoms with Crippen molar-refractivity contribution in [2.45, 2.75) is 4.90 Å². The van der Waals surface area contributed by atoms with E-state index in [1.807, 2.05) is 0 Å². The van der Waals surface area contributed by atoms with Crippen LogP contribution < -0.4 is 11.0 Å². The Morgan fingerprint density at radius 3 is 2.42 bits per heavy atom. The highest BCUT2D eigenvalue weighted by Crippen LogP contribution is 2.22. The highest BCUT2D eigenvalue weighted by Gasteiger charge is 2.21. The van der Waals surface area contributed by atoms with Crippen molar-refractivity contribution in [1.29, 1.82) is 0 Å². The fraction of sp³-hybridized carbons (Fsp3) is 0.176. The number of nitrogens with one attached hydrogen (secondary N) is 1. The van der Waals surface area contributed by atoms with Gasteiger partial charge < -0.3 is 5.32 Å². The van der Waals surface area contributed by atoms with E-state index in [9.17, 15) is 18.0 Å². The number of carbonyl (C=O) groups is 1. The maximum atomic E-state index is 12.6. The molecule has 26 heavy (non-hydrogen) atoms. The van der Waals surface area contributed by atoms with E-state index in [1.165, 1.54) is 21.3 Å². The molecular formula is C17H16BrN3O4S. The molecule has 1 amide bonds. The lowest BCUT2D eigenvalue weighted by atomic mass is 10.3. The molecule has 0 spiro atoms. The molecule has 1 aromatic heterocycles. The van der Waals surface area contributed by atoms with Crippen LogP contribution in [0, 0.1) is 0 Å². The third kappa shape index (κ3) is 3.32. The largest absolute Gasteiger partial charge is 0.328 e. The minimum Gasteiger partial charge on any atom is -0.324 e. The van der Waals surface area contributed by atoms with Gasteiger partial charge in [0.1, 0.15) is 5.75 Å². The van der Waals surface area contributed by atoms with Gasteiger partial charge in [-0.15, -0.1) is 0 Å². The van der Waals surface area contributed by atoms with Crippen LogP contribution in [0.3, 0.4) is 0 Å². The van der Waals surface area contributed by atoms with Crippen molar-refractivity contribution in [3.63, 3.8) is 0 Å². The summed E-state index contributed by atoms with van der Waals surface area (Å²) in [6.45, 7) is 0. The van der Waals surface area contributed by atoms with Crippen LogP contribution in [0.1, 0.15) is 0 Å². The van der Waals surface area contributed by atoms with E-state index in [4.69, 9.17) is 0 Å². The van der Waals surface area contributed by atoms with E-state index in [0.717, 1.165) is 0 Å². The average molecular weight is 438 g/mol. The molecule has 9 heteroatoms. The predicted octanol–water partition coefficient (Wildman–Crippen LogP) is 2.05. The Kier molecular flexibility index (Phi) is 4.76. The number of anilines is 1. The summed E-state index contributed by atoms with van der Waals surface area (Å²) in [7, 11) is -0.671. The summed E-state index contributed by atoms with van der Waals surface area (Å²) in [6, 6.07) is 11.3. The standard InChI is InChI=1S/C17H16BrN3O4S/c1-20-14-8-7-11(9-15(14)21(2)17(20)23)26(24,25)10-16(22)19-13-6-4-3-5-12(13)18/h3-9H,10H2,1-2H3,(H,19,22). The van der Waals surface area contributed by atoms with Crippen LogP contribution in [0.15, 0.2) is 56.6 Å². The number of benzene rings is 2. The van der Waals surface area contributed by atoms with Gasteiger partial charge in [-0.3, -0.25) is 13.9 Å². The maximum absolute atomic E-state index is 12.6. The molecule has 0 saturated heterocycles. The summed E-state index contributed by atoms with van der Waals surface area (Å²) in [6.07, 6.45) is 0. The summed E-state index contributed by atoms with van der Waals surface area (Å²) >= 11 is 3.29. The third-order valence-corrected chi connectivity index (χ3v) is 6.38. The first-order chi connectivity index (χ1) is 12.2. The predicted molar refractivity (Wildman–Crippen MR) is 103 cm³/mol. The van der Waals surface area contributed by atoms with Gasteiger partial charge in [0.05, 0.1) is 21.6 Å². The molecule has 0 fully saturated rings. The zero-order chi connectivity index (χ0) is 19.1. The van der Waals surface area contributed by atoms with E-state index >= 15 is 0 Å². The Morgan fingerprint density at radius 1 is 1.08 bits per heavy atom. The summed E-state index contributed by atoms with van der Waals surface area (Å²) in [5.41, 5.74) is 1.36. The number of sulfone groups is 1. The molecule has 3 rings (SSSR count). The lowest BCUT2D eigenvalue weighted by Crippen LogP contribution is -2.23. The maximum Gasteiger partial charge on any atom is 0.328 e. The highest BCUT2D eigenvalue weighted by atomic mass is 79.9. The Bertz CT molecular complexity index is 1180. The van der Waals surface area contributed by atoms with Gasteiger partial charge in [0, 0.05) is 18.6 Å². The normalized spacial score (nSPS) is 11.7. The topological polar surface area (TPSA) is 90.2 Å². The van der Waals surface area contributed by atoms with Crippen molar-refractivity contribution in [1.82, 2.24) is 9.13 Å². The molecule has 0 aliphatic carbocycles. The molecule has 0 saturated carbocycles. The third-order valence-electron chi connectivity index (χ3n) is 4.07. The average Bonchev–Trinajstić information content (AvgIpc) is 2.81. The van der Waals surface area contributed by atoms with Gasteiger partial charge in [0.2, 0.25) is 5.91 Å². The minimum atomic E-state index is -3.86. The Hall–Kier alpha value is -2.39. The monoisotopic (exact) mass is 437 g/mol. The number of aryl methyl sites for hydroxylation is 2. The number of para-hydroxylation sites is 1. The van der Waals surface area contributed by atoms with Crippen molar-refractivity contribution in [2.75, 3.05) is 11.1 Å². The molecular weight excluding hydrogens is 422 g/mol. The van der Waals surface area contributed by atoms with Gasteiger partial charge >= 0.3 is 5.69 Å². The Balaban J connectivity index is 1.89. The molecule has 2 aromatic carbocycles. The fourth-order valence-corrected chi connectivity index (χ4v) is 4.22. The molecule has 3 aromatic rings. The first-order valence-corrected chi connectivity index (χ1v) is 10.1. The number of fused-ring (bicyclic) bond motifs is 1. The molecule has 0 aliphatic rings. The number of hydrogen-bond donors (Lipinski definition) is 1. The fourth-order valence-electron chi connectivity index (χ4n) is 2.68. The first kappa shape index (κ1) is 18.4. The Labute approximate surface area is 158 Å². The van der Waals surface area contributed by atoms with Crippen molar-refractivity contribution < 1.29 is 13.2 Å². The number of hydrogen-bond acceptors (Lipinski definition) is 4. The van der Waals surface area contributed by atoms with Gasteiger partial charge in [-0.2, -0.15) is 0 Å². The second-order valence-electron chi connectivity index (χ2n) is 5.84. The number of aromatic nitrogens is 2. The number of imidazole rings is 1. The van der Waals surface area contributed by atoms with Crippen LogP contribution in [0.5, 0.6) is 0 Å². The van der Waals surface area contributed by atoms with Gasteiger partial charge in [0.25, 0.3) is 0 Å². The summed E-state index contributed by atoms with van der Waals surface area (Å²) < 4.78 is 28.7. The number of amides is 1. The second-order valence-corrected chi connectivity index (χ2v) is 8.68. The quantitative estimate of drug-likeness (QED) is 0.675. The van der Waals surface area contributed by atoms with Gasteiger partial charge in [-0.05, 0) is 46.3 Å². The van der Waals surface area contributed by atoms with Crippen molar-refractivity contribution in [3.8, 4) is 0 Å². The van der Waals surface area contributed by atoms with Gasteiger partial charge in [-0.25, -0.2) is 13.2 Å². The number of halogens is 1. The van der Waals surface area contributed by atoms with E-state index in [-0.39, 0.29) is 10.6 Å². The van der Waals surface area contributed by atoms with E-state index in [0.29, 0.717) is 21.2 Å². The molecule has 1 heterocycles. The molecule has 1 N–H and O–H groups in total. The summed E-state index contributed by atoms with van der Waals surface area (Å²) in [4.78, 5) is 24.1. The number of rotatable bonds is 4. The molecule has 0 bridgehead atoms. The van der Waals surface area contributed by atoms with Crippen molar-refractivity contribution in [2.24, 2.45) is 14.1 Å². The van der Waals surface area contributed by atoms with Gasteiger partial charge in [-0.1, -0.05) is 12.1 Å². The second kappa shape index (κ2) is 6.73. The molecule has 0 atom stereocenters. The van der Waals surface area contributed by atoms with E-state index < -0.39 is 21.5 Å². The minimum absolute atomic E-state index is 0.00604. The SMILES string of the molecule is Cn1c(=O)n(C)c2cc(S(=O)(=O)CC(=O)Nc3ccccc3Br)ccc21. The zero-order valence-corrected chi connectivity index (χ0v) is 16.5. The van der Waals surface area contributed by atoms with Crippen LogP contribution >= 0.6 is 15.9 Å². The molecule has 136 valence electrons. The first-order valence-electron chi connectivity index (χ1n) is 7.63. The Morgan fingerprint density at radius 2 is 1.73 bits per heavy atom. The molecule has 0 unspecified atom stereocenters. The summed E-state index contributed by atoms with van der Waals surface area (Å²) in [5, 5.41) is 2.57. The molecule has 0 aliphatic heterocycles. The number of nitrogens with zero attached hydrogens (tertiary/aromatic N) is 2. The van der Waals surface area contributed by atoms with E-state index in [1.54, 1.807) is 44.4 Å².